The van der Waals surface area contributed by atoms with Gasteiger partial charge >= 0.3 is 0 Å². The first-order chi connectivity index (χ1) is 13.0. The van der Waals surface area contributed by atoms with Crippen LogP contribution in [0.1, 0.15) is 25.0 Å². The zero-order valence-corrected chi connectivity index (χ0v) is 17.2. The van der Waals surface area contributed by atoms with Crippen LogP contribution in [0.25, 0.3) is 0 Å². The van der Waals surface area contributed by atoms with Gasteiger partial charge in [0.2, 0.25) is 0 Å². The number of thioether (sulfide) groups is 1. The van der Waals surface area contributed by atoms with Crippen LogP contribution in [0.5, 0.6) is 0 Å². The molecule has 0 saturated carbocycles. The lowest BCUT2D eigenvalue weighted by Gasteiger charge is -2.18. The minimum Gasteiger partial charge on any atom is -0.358 e. The summed E-state index contributed by atoms with van der Waals surface area (Å²) in [6, 6.07) is 15.2. The topological polar surface area (TPSA) is 28.5 Å². The van der Waals surface area contributed by atoms with Crippen molar-refractivity contribution in [2.75, 3.05) is 18.4 Å². The van der Waals surface area contributed by atoms with Crippen LogP contribution in [-0.4, -0.2) is 24.0 Å². The van der Waals surface area contributed by atoms with Gasteiger partial charge in [-0.2, -0.15) is 8.78 Å². The molecule has 0 aromatic heterocycles. The molecule has 146 valence electrons. The van der Waals surface area contributed by atoms with Crippen LogP contribution in [0.15, 0.2) is 53.4 Å². The second-order valence-electron chi connectivity index (χ2n) is 6.11. The molecule has 27 heavy (non-hydrogen) atoms. The Labute approximate surface area is 169 Å². The maximum Gasteiger partial charge on any atom is 0.288 e. The van der Waals surface area contributed by atoms with Gasteiger partial charge in [0, 0.05) is 22.7 Å². The van der Waals surface area contributed by atoms with E-state index in [1.165, 1.54) is 16.0 Å². The maximum absolute atomic E-state index is 12.4. The molecule has 0 radical (unpaired) electrons. The average molecular weight is 411 g/mol. The fourth-order valence-corrected chi connectivity index (χ4v) is 3.43. The van der Waals surface area contributed by atoms with E-state index < -0.39 is 5.76 Å². The molecular formula is C20H26F2N3S2+. The van der Waals surface area contributed by atoms with Crippen molar-refractivity contribution in [1.29, 1.82) is 0 Å². The lowest BCUT2D eigenvalue weighted by molar-refractivity contribution is -0.910. The van der Waals surface area contributed by atoms with E-state index in [9.17, 15) is 8.78 Å². The number of hydrogen-bond donors (Lipinski definition) is 3. The van der Waals surface area contributed by atoms with Crippen LogP contribution in [0.2, 0.25) is 0 Å². The summed E-state index contributed by atoms with van der Waals surface area (Å²) >= 11 is 5.89. The lowest BCUT2D eigenvalue weighted by Crippen LogP contribution is -3.10. The number of alkyl halides is 2. The normalized spacial score (nSPS) is 11.0. The zero-order chi connectivity index (χ0) is 19.6. The molecule has 7 heteroatoms. The molecule has 0 aliphatic carbocycles. The van der Waals surface area contributed by atoms with E-state index in [-0.39, 0.29) is 0 Å². The van der Waals surface area contributed by atoms with Crippen molar-refractivity contribution in [2.45, 2.75) is 37.6 Å². The van der Waals surface area contributed by atoms with Gasteiger partial charge in [-0.1, -0.05) is 36.0 Å². The number of quaternary nitrogens is 1. The molecule has 0 spiro atoms. The predicted molar refractivity (Wildman–Crippen MR) is 114 cm³/mol. The fourth-order valence-electron chi connectivity index (χ4n) is 2.74. The summed E-state index contributed by atoms with van der Waals surface area (Å²) in [5.74, 6) is -2.41. The van der Waals surface area contributed by atoms with Gasteiger partial charge in [-0.05, 0) is 55.9 Å². The van der Waals surface area contributed by atoms with E-state index >= 15 is 0 Å². The van der Waals surface area contributed by atoms with E-state index in [0.717, 1.165) is 25.3 Å². The van der Waals surface area contributed by atoms with Gasteiger partial charge in [-0.25, -0.2) is 0 Å². The quantitative estimate of drug-likeness (QED) is 0.432. The number of nitrogens with one attached hydrogen (secondary N) is 3. The number of benzene rings is 2. The summed E-state index contributed by atoms with van der Waals surface area (Å²) in [7, 11) is 0. The molecule has 0 aliphatic rings. The van der Waals surface area contributed by atoms with E-state index in [1.54, 1.807) is 24.3 Å². The zero-order valence-electron chi connectivity index (χ0n) is 15.6. The van der Waals surface area contributed by atoms with Crippen molar-refractivity contribution >= 4 is 34.8 Å². The minimum absolute atomic E-state index is 0.509. The molecule has 0 aliphatic heterocycles. The van der Waals surface area contributed by atoms with Crippen molar-refractivity contribution in [3.05, 3.63) is 59.7 Å². The Morgan fingerprint density at radius 3 is 2.26 bits per heavy atom. The van der Waals surface area contributed by atoms with Crippen molar-refractivity contribution < 1.29 is 13.7 Å². The minimum atomic E-state index is -2.41. The third kappa shape index (κ3) is 7.44. The van der Waals surface area contributed by atoms with Crippen LogP contribution in [0.4, 0.5) is 14.5 Å². The number of anilines is 1. The second kappa shape index (κ2) is 11.2. The number of hydrogen-bond acceptors (Lipinski definition) is 2. The van der Waals surface area contributed by atoms with E-state index in [2.05, 4.69) is 42.7 Å². The first kappa shape index (κ1) is 21.6. The van der Waals surface area contributed by atoms with Crippen LogP contribution >= 0.6 is 24.0 Å². The lowest BCUT2D eigenvalue weighted by atomic mass is 10.1. The number of thiocarbonyl (C=S) groups is 1. The maximum atomic E-state index is 12.4. The molecule has 0 amide bonds. The summed E-state index contributed by atoms with van der Waals surface area (Å²) in [4.78, 5) is 2.06. The van der Waals surface area contributed by atoms with Gasteiger partial charge in [0.05, 0.1) is 13.1 Å². The van der Waals surface area contributed by atoms with E-state index in [4.69, 9.17) is 12.2 Å². The molecular weight excluding hydrogens is 384 g/mol. The Morgan fingerprint density at radius 2 is 1.67 bits per heavy atom. The molecule has 2 aromatic carbocycles. The van der Waals surface area contributed by atoms with Crippen LogP contribution in [0, 0.1) is 0 Å². The Hall–Kier alpha value is -1.70. The Balaban J connectivity index is 1.90. The summed E-state index contributed by atoms with van der Waals surface area (Å²) in [5.41, 5.74) is 3.32. The number of halogens is 2. The summed E-state index contributed by atoms with van der Waals surface area (Å²) in [5, 5.41) is 6.83. The third-order valence-electron chi connectivity index (χ3n) is 4.34. The highest BCUT2D eigenvalue weighted by molar-refractivity contribution is 7.99. The van der Waals surface area contributed by atoms with E-state index in [1.807, 2.05) is 6.07 Å². The molecule has 0 unspecified atom stereocenters. The first-order valence-electron chi connectivity index (χ1n) is 9.01. The molecule has 3 N–H and O–H groups in total. The first-order valence-corrected chi connectivity index (χ1v) is 10.3. The molecule has 2 aromatic rings. The van der Waals surface area contributed by atoms with Gasteiger partial charge in [-0.15, -0.1) is 0 Å². The van der Waals surface area contributed by atoms with Crippen molar-refractivity contribution in [2.24, 2.45) is 0 Å². The average Bonchev–Trinajstić information content (AvgIpc) is 2.66. The molecule has 0 atom stereocenters. The highest BCUT2D eigenvalue weighted by Crippen LogP contribution is 2.26. The Bertz CT molecular complexity index is 719. The van der Waals surface area contributed by atoms with Gasteiger partial charge in [0.1, 0.15) is 6.54 Å². The molecule has 0 bridgehead atoms. The molecule has 0 saturated heterocycles. The molecule has 0 fully saturated rings. The fraction of sp³-hybridized carbons (Fsp3) is 0.350. The third-order valence-corrected chi connectivity index (χ3v) is 5.30. The number of rotatable bonds is 9. The Morgan fingerprint density at radius 1 is 1.04 bits per heavy atom. The standard InChI is InChI=1S/C20H25F2N3S2/c1-3-25(4-2)14-16-8-6-5-7-15(16)13-23-20(26)24-17-9-11-18(12-10-17)27-19(21)22/h5-12,19H,3-4,13-14H2,1-2H3,(H2,23,24,26)/p+1. The van der Waals surface area contributed by atoms with Crippen LogP contribution in [-0.2, 0) is 13.1 Å². The van der Waals surface area contributed by atoms with Crippen LogP contribution < -0.4 is 15.5 Å². The summed E-state index contributed by atoms with van der Waals surface area (Å²) < 4.78 is 24.7. The molecule has 2 rings (SSSR count). The Kier molecular flexibility index (Phi) is 8.97. The van der Waals surface area contributed by atoms with Crippen molar-refractivity contribution in [3.8, 4) is 0 Å². The van der Waals surface area contributed by atoms with Gasteiger partial charge < -0.3 is 15.5 Å². The summed E-state index contributed by atoms with van der Waals surface area (Å²) in [6.45, 7) is 8.22. The van der Waals surface area contributed by atoms with Crippen molar-refractivity contribution in [1.82, 2.24) is 5.32 Å². The highest BCUT2D eigenvalue weighted by Gasteiger charge is 2.09. The predicted octanol–water partition coefficient (Wildman–Crippen LogP) is 3.91. The van der Waals surface area contributed by atoms with Gasteiger partial charge in [-0.3, -0.25) is 0 Å². The van der Waals surface area contributed by atoms with Crippen LogP contribution in [0.3, 0.4) is 0 Å². The highest BCUT2D eigenvalue weighted by atomic mass is 32.2. The smallest absolute Gasteiger partial charge is 0.288 e. The van der Waals surface area contributed by atoms with E-state index in [0.29, 0.717) is 28.3 Å². The molecule has 3 nitrogen and oxygen atoms in total. The van der Waals surface area contributed by atoms with Gasteiger partial charge in [0.25, 0.3) is 5.76 Å². The largest absolute Gasteiger partial charge is 0.358 e. The van der Waals surface area contributed by atoms with Crippen molar-refractivity contribution in [3.63, 3.8) is 0 Å². The van der Waals surface area contributed by atoms with Gasteiger partial charge in [0.15, 0.2) is 5.11 Å². The SMILES string of the molecule is CC[NH+](CC)Cc1ccccc1CNC(=S)Nc1ccc(SC(F)F)cc1. The summed E-state index contributed by atoms with van der Waals surface area (Å²) in [6.07, 6.45) is 0. The second-order valence-corrected chi connectivity index (χ2v) is 7.58. The molecule has 0 heterocycles. The monoisotopic (exact) mass is 410 g/mol.